The monoisotopic (exact) mass is 484 g/mol. The first-order valence-electron chi connectivity index (χ1n) is 11.8. The molecule has 0 spiro atoms. The van der Waals surface area contributed by atoms with Crippen LogP contribution in [0.2, 0.25) is 0 Å². The first kappa shape index (κ1) is 21.8. The van der Waals surface area contributed by atoms with Gasteiger partial charge in [-0.15, -0.1) is 0 Å². The zero-order valence-electron chi connectivity index (χ0n) is 19.4. The molecule has 11 nitrogen and oxygen atoms in total. The Morgan fingerprint density at radius 2 is 1.64 bits per heavy atom. The number of aromatic nitrogens is 4. The highest BCUT2D eigenvalue weighted by Crippen LogP contribution is 2.31. The Bertz CT molecular complexity index is 1530. The Labute approximate surface area is 205 Å². The molecule has 1 saturated heterocycles. The van der Waals surface area contributed by atoms with Crippen molar-refractivity contribution in [3.05, 3.63) is 59.4 Å². The van der Waals surface area contributed by atoms with E-state index >= 15 is 0 Å². The number of carbonyl (C=O) groups is 3. The molecule has 11 heteroatoms. The largest absolute Gasteiger partial charge is 0.382 e. The Morgan fingerprint density at radius 1 is 0.917 bits per heavy atom. The van der Waals surface area contributed by atoms with Crippen LogP contribution in [0, 0.1) is 0 Å². The number of hydrogen-bond acceptors (Lipinski definition) is 6. The predicted molar refractivity (Wildman–Crippen MR) is 134 cm³/mol. The fraction of sp³-hybridized carbons (Fsp3) is 0.240. The molecule has 5 N–H and O–H groups in total. The van der Waals surface area contributed by atoms with Crippen molar-refractivity contribution in [2.24, 2.45) is 5.73 Å². The SMILES string of the molecule is NC(=O)c1nn(-c2ccc3[nH]nc(N)c3c2)c2c1CCN(c1ccc(N3CCCCC3=O)cc1)C2=O. The number of fused-ring (bicyclic) bond motifs is 2. The lowest BCUT2D eigenvalue weighted by Gasteiger charge is -2.29. The van der Waals surface area contributed by atoms with E-state index in [9.17, 15) is 14.4 Å². The van der Waals surface area contributed by atoms with E-state index in [0.29, 0.717) is 54.1 Å². The van der Waals surface area contributed by atoms with Crippen molar-refractivity contribution in [3.63, 3.8) is 0 Å². The molecule has 4 heterocycles. The number of nitrogen functional groups attached to an aromatic ring is 1. The normalized spacial score (nSPS) is 16.0. The third-order valence-corrected chi connectivity index (χ3v) is 6.87. The molecule has 0 atom stereocenters. The Balaban J connectivity index is 1.38. The number of anilines is 3. The summed E-state index contributed by atoms with van der Waals surface area (Å²) in [6.07, 6.45) is 2.86. The highest BCUT2D eigenvalue weighted by Gasteiger charge is 2.34. The Hall–Kier alpha value is -4.67. The van der Waals surface area contributed by atoms with E-state index in [4.69, 9.17) is 11.5 Å². The minimum Gasteiger partial charge on any atom is -0.382 e. The van der Waals surface area contributed by atoms with Crippen molar-refractivity contribution in [1.29, 1.82) is 0 Å². The van der Waals surface area contributed by atoms with Gasteiger partial charge < -0.3 is 21.3 Å². The summed E-state index contributed by atoms with van der Waals surface area (Å²) in [6, 6.07) is 12.7. The van der Waals surface area contributed by atoms with E-state index in [1.165, 1.54) is 4.68 Å². The van der Waals surface area contributed by atoms with Gasteiger partial charge in [0.2, 0.25) is 5.91 Å². The number of hydrogen-bond donors (Lipinski definition) is 3. The highest BCUT2D eigenvalue weighted by molar-refractivity contribution is 6.10. The van der Waals surface area contributed by atoms with Crippen molar-refractivity contribution in [2.75, 3.05) is 28.6 Å². The van der Waals surface area contributed by atoms with Crippen LogP contribution in [0.5, 0.6) is 0 Å². The van der Waals surface area contributed by atoms with Gasteiger partial charge in [0, 0.05) is 41.8 Å². The lowest BCUT2D eigenvalue weighted by molar-refractivity contribution is -0.119. The number of piperidine rings is 1. The molecule has 0 unspecified atom stereocenters. The van der Waals surface area contributed by atoms with Gasteiger partial charge in [0.15, 0.2) is 11.5 Å². The van der Waals surface area contributed by atoms with Gasteiger partial charge in [0.25, 0.3) is 11.8 Å². The van der Waals surface area contributed by atoms with Gasteiger partial charge >= 0.3 is 0 Å². The van der Waals surface area contributed by atoms with Crippen molar-refractivity contribution in [1.82, 2.24) is 20.0 Å². The van der Waals surface area contributed by atoms with E-state index in [1.54, 1.807) is 28.0 Å². The Kier molecular flexibility index (Phi) is 4.99. The molecule has 182 valence electrons. The van der Waals surface area contributed by atoms with Gasteiger partial charge in [0.05, 0.1) is 11.2 Å². The molecule has 2 aliphatic rings. The van der Waals surface area contributed by atoms with Crippen LogP contribution in [-0.2, 0) is 11.2 Å². The molecule has 0 radical (unpaired) electrons. The summed E-state index contributed by atoms with van der Waals surface area (Å²) in [5.41, 5.74) is 15.3. The van der Waals surface area contributed by atoms with Crippen LogP contribution < -0.4 is 21.3 Å². The summed E-state index contributed by atoms with van der Waals surface area (Å²) in [7, 11) is 0. The fourth-order valence-electron chi connectivity index (χ4n) is 5.04. The molecule has 6 rings (SSSR count). The number of nitrogens with zero attached hydrogens (tertiary/aromatic N) is 5. The summed E-state index contributed by atoms with van der Waals surface area (Å²) in [6.45, 7) is 1.07. The second kappa shape index (κ2) is 8.22. The van der Waals surface area contributed by atoms with Crippen LogP contribution in [0.4, 0.5) is 17.2 Å². The van der Waals surface area contributed by atoms with Gasteiger partial charge in [-0.05, 0) is 61.7 Å². The molecule has 0 bridgehead atoms. The average Bonchev–Trinajstić information content (AvgIpc) is 3.46. The molecule has 4 aromatic rings. The third-order valence-electron chi connectivity index (χ3n) is 6.87. The average molecular weight is 485 g/mol. The van der Waals surface area contributed by atoms with Crippen LogP contribution in [0.1, 0.15) is 45.8 Å². The smallest absolute Gasteiger partial charge is 0.277 e. The fourth-order valence-corrected chi connectivity index (χ4v) is 5.04. The summed E-state index contributed by atoms with van der Waals surface area (Å²) in [5.74, 6) is -0.543. The maximum Gasteiger partial charge on any atom is 0.277 e. The van der Waals surface area contributed by atoms with Crippen LogP contribution in [0.25, 0.3) is 16.6 Å². The summed E-state index contributed by atoms with van der Waals surface area (Å²) in [5, 5.41) is 12.0. The van der Waals surface area contributed by atoms with E-state index in [1.807, 2.05) is 24.3 Å². The lowest BCUT2D eigenvalue weighted by Crippen LogP contribution is -2.39. The molecule has 0 aliphatic carbocycles. The molecular formula is C25H24N8O3. The van der Waals surface area contributed by atoms with E-state index in [0.717, 1.165) is 24.0 Å². The first-order chi connectivity index (χ1) is 17.4. The van der Waals surface area contributed by atoms with Gasteiger partial charge in [-0.1, -0.05) is 0 Å². The van der Waals surface area contributed by atoms with Gasteiger partial charge in [0.1, 0.15) is 5.69 Å². The quantitative estimate of drug-likeness (QED) is 0.403. The maximum absolute atomic E-state index is 13.8. The number of nitrogens with one attached hydrogen (secondary N) is 1. The van der Waals surface area contributed by atoms with Crippen molar-refractivity contribution < 1.29 is 14.4 Å². The van der Waals surface area contributed by atoms with Gasteiger partial charge in [-0.25, -0.2) is 4.68 Å². The van der Waals surface area contributed by atoms with Crippen molar-refractivity contribution in [3.8, 4) is 5.69 Å². The van der Waals surface area contributed by atoms with Crippen molar-refractivity contribution in [2.45, 2.75) is 25.7 Å². The Morgan fingerprint density at radius 3 is 2.36 bits per heavy atom. The third kappa shape index (κ3) is 3.39. The minimum absolute atomic E-state index is 0.0808. The number of rotatable bonds is 4. The molecule has 0 saturated carbocycles. The lowest BCUT2D eigenvalue weighted by atomic mass is 10.0. The second-order valence-corrected chi connectivity index (χ2v) is 9.02. The summed E-state index contributed by atoms with van der Waals surface area (Å²) in [4.78, 5) is 41.7. The molecule has 2 aliphatic heterocycles. The number of aromatic amines is 1. The van der Waals surface area contributed by atoms with Crippen molar-refractivity contribution >= 4 is 45.8 Å². The zero-order valence-corrected chi connectivity index (χ0v) is 19.4. The molecule has 36 heavy (non-hydrogen) atoms. The number of carbonyl (C=O) groups excluding carboxylic acids is 3. The topological polar surface area (TPSA) is 156 Å². The molecule has 2 aromatic heterocycles. The number of H-pyrrole nitrogens is 1. The van der Waals surface area contributed by atoms with Gasteiger partial charge in [-0.3, -0.25) is 19.5 Å². The molecular weight excluding hydrogens is 460 g/mol. The second-order valence-electron chi connectivity index (χ2n) is 9.02. The first-order valence-corrected chi connectivity index (χ1v) is 11.8. The zero-order chi connectivity index (χ0) is 25.0. The number of benzene rings is 2. The summed E-state index contributed by atoms with van der Waals surface area (Å²) < 4.78 is 1.45. The molecule has 3 amide bonds. The van der Waals surface area contributed by atoms with Crippen LogP contribution >= 0.6 is 0 Å². The van der Waals surface area contributed by atoms with Crippen LogP contribution in [0.15, 0.2) is 42.5 Å². The highest BCUT2D eigenvalue weighted by atomic mass is 16.2. The van der Waals surface area contributed by atoms with E-state index in [2.05, 4.69) is 15.3 Å². The maximum atomic E-state index is 13.8. The predicted octanol–water partition coefficient (Wildman–Crippen LogP) is 2.15. The van der Waals surface area contributed by atoms with E-state index < -0.39 is 5.91 Å². The summed E-state index contributed by atoms with van der Waals surface area (Å²) >= 11 is 0. The van der Waals surface area contributed by atoms with Gasteiger partial charge in [-0.2, -0.15) is 10.2 Å². The number of amides is 3. The van der Waals surface area contributed by atoms with E-state index in [-0.39, 0.29) is 23.2 Å². The standard InChI is InChI=1S/C25H24N8O3/c26-23-18-13-16(8-9-19(18)28-29-23)33-22-17(21(30-33)24(27)35)10-12-32(25(22)36)15-6-4-14(5-7-15)31-11-2-1-3-20(31)34/h4-9,13H,1-3,10-12H2,(H2,27,35)(H3,26,28,29). The van der Waals surface area contributed by atoms with Crippen LogP contribution in [-0.4, -0.2) is 50.8 Å². The van der Waals surface area contributed by atoms with Crippen LogP contribution in [0.3, 0.4) is 0 Å². The molecule has 2 aromatic carbocycles. The number of primary amides is 1. The molecule has 1 fully saturated rings. The number of nitrogens with two attached hydrogens (primary N) is 2. The minimum atomic E-state index is -0.689.